The Hall–Kier alpha value is -0.0800. The maximum atomic E-state index is 2.61. The smallest absolute Gasteiger partial charge is 0.00534 e. The molecular weight excluding hydrogens is 280 g/mol. The molecule has 0 amide bonds. The second-order valence-electron chi connectivity index (χ2n) is 9.72. The van der Waals surface area contributed by atoms with Crippen LogP contribution in [0.25, 0.3) is 0 Å². The first-order chi connectivity index (χ1) is 10.6. The predicted octanol–water partition coefficient (Wildman–Crippen LogP) is 4.99. The molecule has 2 heteroatoms. The molecule has 0 radical (unpaired) electrons. The topological polar surface area (TPSA) is 6.48 Å². The summed E-state index contributed by atoms with van der Waals surface area (Å²) in [5.41, 5.74) is 0.777. The van der Waals surface area contributed by atoms with E-state index in [1.165, 1.54) is 38.9 Å². The number of likely N-dealkylation sites (tertiary alicyclic amines) is 1. The van der Waals surface area contributed by atoms with Crippen LogP contribution in [0.1, 0.15) is 67.7 Å². The van der Waals surface area contributed by atoms with Crippen LogP contribution in [0.15, 0.2) is 0 Å². The van der Waals surface area contributed by atoms with E-state index in [1.54, 1.807) is 0 Å². The van der Waals surface area contributed by atoms with Gasteiger partial charge in [0, 0.05) is 19.1 Å². The van der Waals surface area contributed by atoms with Crippen molar-refractivity contribution in [2.24, 2.45) is 29.1 Å². The highest BCUT2D eigenvalue weighted by Crippen LogP contribution is 2.54. The summed E-state index contributed by atoms with van der Waals surface area (Å²) in [6, 6.07) is 0.767. The lowest BCUT2D eigenvalue weighted by atomic mass is 9.55. The van der Waals surface area contributed by atoms with Gasteiger partial charge in [-0.2, -0.15) is 0 Å². The van der Waals surface area contributed by atoms with Gasteiger partial charge in [-0.1, -0.05) is 34.6 Å². The first-order valence-corrected chi connectivity index (χ1v) is 9.95. The standard InChI is InChI=1S/C12H23N.C9H21N/c1-9(2)11-5-12(6-11)7-13(8-12)10(3)4;1-8(2)9(3)6-7-10(4)5/h9-11H,5-8H2,1-4H3;8-9H,6-7H2,1-5H3. The molecule has 1 unspecified atom stereocenters. The summed E-state index contributed by atoms with van der Waals surface area (Å²) in [5, 5.41) is 0. The van der Waals surface area contributed by atoms with Crippen LogP contribution in [0.2, 0.25) is 0 Å². The highest BCUT2D eigenvalue weighted by Gasteiger charge is 2.52. The molecule has 0 aromatic carbocycles. The molecule has 1 saturated heterocycles. The molecule has 1 aliphatic carbocycles. The Labute approximate surface area is 147 Å². The minimum Gasteiger partial charge on any atom is -0.309 e. The van der Waals surface area contributed by atoms with E-state index in [0.29, 0.717) is 0 Å². The Morgan fingerprint density at radius 3 is 1.83 bits per heavy atom. The predicted molar refractivity (Wildman–Crippen MR) is 104 cm³/mol. The fourth-order valence-corrected chi connectivity index (χ4v) is 3.76. The Balaban J connectivity index is 0.000000241. The van der Waals surface area contributed by atoms with E-state index in [0.717, 1.165) is 35.1 Å². The van der Waals surface area contributed by atoms with E-state index in [2.05, 4.69) is 72.4 Å². The highest BCUT2D eigenvalue weighted by molar-refractivity contribution is 5.05. The third-order valence-electron chi connectivity index (χ3n) is 6.31. The fraction of sp³-hybridized carbons (Fsp3) is 1.00. The van der Waals surface area contributed by atoms with Crippen molar-refractivity contribution in [3.63, 3.8) is 0 Å². The molecule has 0 N–H and O–H groups in total. The lowest BCUT2D eigenvalue weighted by Gasteiger charge is -2.61. The van der Waals surface area contributed by atoms with E-state index < -0.39 is 0 Å². The third kappa shape index (κ3) is 6.38. The maximum Gasteiger partial charge on any atom is 0.00534 e. The molecular formula is C21H44N2. The highest BCUT2D eigenvalue weighted by atomic mass is 15.2. The quantitative estimate of drug-likeness (QED) is 0.679. The van der Waals surface area contributed by atoms with Crippen molar-refractivity contribution in [2.45, 2.75) is 73.8 Å². The first-order valence-electron chi connectivity index (χ1n) is 9.95. The molecule has 0 aromatic rings. The van der Waals surface area contributed by atoms with Crippen molar-refractivity contribution in [1.82, 2.24) is 9.80 Å². The fourth-order valence-electron chi connectivity index (χ4n) is 3.76. The molecule has 1 saturated carbocycles. The minimum atomic E-state index is 0.767. The van der Waals surface area contributed by atoms with Crippen LogP contribution in [0.4, 0.5) is 0 Å². The number of hydrogen-bond donors (Lipinski definition) is 0. The van der Waals surface area contributed by atoms with Crippen molar-refractivity contribution in [3.05, 3.63) is 0 Å². The summed E-state index contributed by atoms with van der Waals surface area (Å²) in [6.07, 6.45) is 4.34. The maximum absolute atomic E-state index is 2.61. The molecule has 1 spiro atoms. The zero-order chi connectivity index (χ0) is 17.8. The van der Waals surface area contributed by atoms with Crippen molar-refractivity contribution >= 4 is 0 Å². The van der Waals surface area contributed by atoms with Crippen molar-refractivity contribution in [1.29, 1.82) is 0 Å². The van der Waals surface area contributed by atoms with Crippen molar-refractivity contribution in [3.8, 4) is 0 Å². The van der Waals surface area contributed by atoms with Gasteiger partial charge in [0.05, 0.1) is 0 Å². The molecule has 1 aliphatic heterocycles. The molecule has 0 aromatic heterocycles. The zero-order valence-corrected chi connectivity index (χ0v) is 17.5. The van der Waals surface area contributed by atoms with Gasteiger partial charge in [0.25, 0.3) is 0 Å². The van der Waals surface area contributed by atoms with Crippen LogP contribution in [0.3, 0.4) is 0 Å². The number of rotatable bonds is 6. The van der Waals surface area contributed by atoms with Gasteiger partial charge in [-0.05, 0) is 82.8 Å². The average molecular weight is 325 g/mol. The third-order valence-corrected chi connectivity index (χ3v) is 6.31. The van der Waals surface area contributed by atoms with Crippen LogP contribution in [-0.4, -0.2) is 49.6 Å². The van der Waals surface area contributed by atoms with Crippen LogP contribution < -0.4 is 0 Å². The van der Waals surface area contributed by atoms with E-state index >= 15 is 0 Å². The van der Waals surface area contributed by atoms with E-state index in [9.17, 15) is 0 Å². The Bertz CT molecular complexity index is 295. The van der Waals surface area contributed by atoms with Gasteiger partial charge < -0.3 is 4.90 Å². The molecule has 2 rings (SSSR count). The summed E-state index contributed by atoms with van der Waals surface area (Å²) < 4.78 is 0. The first kappa shape index (κ1) is 21.0. The SMILES string of the molecule is CC(C)C(C)CCN(C)C.CC(C)C1CC2(C1)CN(C(C)C)C2. The Morgan fingerprint density at radius 1 is 0.957 bits per heavy atom. The summed E-state index contributed by atoms with van der Waals surface area (Å²) in [5.74, 6) is 3.65. The number of hydrogen-bond acceptors (Lipinski definition) is 2. The van der Waals surface area contributed by atoms with Gasteiger partial charge in [-0.25, -0.2) is 0 Å². The molecule has 1 atom stereocenters. The monoisotopic (exact) mass is 324 g/mol. The summed E-state index contributed by atoms with van der Waals surface area (Å²) in [7, 11) is 4.26. The molecule has 138 valence electrons. The molecule has 23 heavy (non-hydrogen) atoms. The van der Waals surface area contributed by atoms with Crippen LogP contribution in [0.5, 0.6) is 0 Å². The Kier molecular flexibility index (Phi) is 8.07. The average Bonchev–Trinajstić information content (AvgIpc) is 2.32. The largest absolute Gasteiger partial charge is 0.309 e. The molecule has 2 fully saturated rings. The molecule has 2 nitrogen and oxygen atoms in total. The van der Waals surface area contributed by atoms with Gasteiger partial charge in [0.15, 0.2) is 0 Å². The van der Waals surface area contributed by atoms with Gasteiger partial charge in [0.1, 0.15) is 0 Å². The lowest BCUT2D eigenvalue weighted by Crippen LogP contribution is -2.64. The van der Waals surface area contributed by atoms with Crippen molar-refractivity contribution < 1.29 is 0 Å². The second-order valence-corrected chi connectivity index (χ2v) is 9.72. The normalized spacial score (nSPS) is 22.3. The van der Waals surface area contributed by atoms with Crippen molar-refractivity contribution in [2.75, 3.05) is 33.7 Å². The van der Waals surface area contributed by atoms with E-state index in [1.807, 2.05) is 0 Å². The van der Waals surface area contributed by atoms with E-state index in [4.69, 9.17) is 0 Å². The minimum absolute atomic E-state index is 0.767. The number of nitrogens with zero attached hydrogens (tertiary/aromatic N) is 2. The summed E-state index contributed by atoms with van der Waals surface area (Å²) in [6.45, 7) is 20.3. The summed E-state index contributed by atoms with van der Waals surface area (Å²) in [4.78, 5) is 4.86. The van der Waals surface area contributed by atoms with Crippen LogP contribution >= 0.6 is 0 Å². The second kappa shape index (κ2) is 8.85. The summed E-state index contributed by atoms with van der Waals surface area (Å²) >= 11 is 0. The molecule has 1 heterocycles. The van der Waals surface area contributed by atoms with Gasteiger partial charge in [-0.15, -0.1) is 0 Å². The van der Waals surface area contributed by atoms with Gasteiger partial charge in [-0.3, -0.25) is 4.90 Å². The van der Waals surface area contributed by atoms with Gasteiger partial charge in [0.2, 0.25) is 0 Å². The van der Waals surface area contributed by atoms with Crippen LogP contribution in [-0.2, 0) is 0 Å². The molecule has 2 aliphatic rings. The van der Waals surface area contributed by atoms with Gasteiger partial charge >= 0.3 is 0 Å². The van der Waals surface area contributed by atoms with Crippen LogP contribution in [0, 0.1) is 29.1 Å². The zero-order valence-electron chi connectivity index (χ0n) is 17.5. The lowest BCUT2D eigenvalue weighted by molar-refractivity contribution is -0.117. The van der Waals surface area contributed by atoms with E-state index in [-0.39, 0.29) is 0 Å². The Morgan fingerprint density at radius 2 is 1.48 bits per heavy atom. The molecule has 0 bridgehead atoms.